The van der Waals surface area contributed by atoms with Crippen LogP contribution in [0.5, 0.6) is 5.75 Å². The fraction of sp³-hybridized carbons (Fsp3) is 0.824. The Kier molecular flexibility index (Phi) is 24.8. The fourth-order valence-electron chi connectivity index (χ4n) is 20.2. The second-order valence-corrected chi connectivity index (χ2v) is 33.4. The molecule has 0 bridgehead atoms. The minimum absolute atomic E-state index is 0.0186. The molecule has 6 heterocycles. The number of allylic oxidation sites excluding steroid dienone is 1. The molecule has 1 aromatic rings. The SMILES string of the molecule is COc1ccc(/C=C\C(=O)O[C@@H]2[C@H](O)[C@@H](O[C@@H]3O[C@@H](C)[C@H](O[C@@H]4OC[C@@H](O[C@@H]5O[C@H](CO)[C@H](O)[C@H](O)[C@H]5O)[C@H](O)[C@H]4O)[C@@H](O[C@@H]4OC[C@](O)(CO)[C@H]4O)[C@H]3O)[C@H](OC(=O)[C@]34CCC(C)(C)C[C@H]3C3=CC[C@@H]5[C@@]6(C)C[C@H](O)[C@H](O[C@@H]7O[C@H](CO)[C@@H](O)[C@H](O)[C@H]7O)[C@@](C)(C(=O)O)[C@@H]6CC[C@@]5(C)[C@]3(CO)CC4)O[C@@H]2C)cc1. The van der Waals surface area contributed by atoms with Crippen LogP contribution in [0.4, 0.5) is 0 Å². The monoisotopic (exact) mass is 1560 g/mol. The maximum absolute atomic E-state index is 16.2. The maximum atomic E-state index is 16.2. The van der Waals surface area contributed by atoms with E-state index in [-0.39, 0.29) is 32.1 Å². The van der Waals surface area contributed by atoms with Crippen LogP contribution in [0.15, 0.2) is 42.0 Å². The van der Waals surface area contributed by atoms with E-state index >= 15 is 4.79 Å². The molecule has 0 unspecified atom stereocenters. The molecule has 11 aliphatic rings. The number of carbonyl (C=O) groups excluding carboxylic acids is 2. The van der Waals surface area contributed by atoms with E-state index < -0.39 is 285 Å². The highest BCUT2D eigenvalue weighted by atomic mass is 16.8. The zero-order valence-electron chi connectivity index (χ0n) is 62.0. The smallest absolute Gasteiger partial charge is 0.331 e. The van der Waals surface area contributed by atoms with Gasteiger partial charge in [-0.2, -0.15) is 0 Å². The summed E-state index contributed by atoms with van der Waals surface area (Å²) in [5.74, 6) is -4.33. The molecule has 35 nitrogen and oxygen atoms in total. The number of aliphatic carboxylic acids is 1. The van der Waals surface area contributed by atoms with E-state index in [1.54, 1.807) is 24.3 Å². The van der Waals surface area contributed by atoms with E-state index in [9.17, 15) is 102 Å². The van der Waals surface area contributed by atoms with Gasteiger partial charge in [0.05, 0.1) is 75.9 Å². The molecule has 35 heteroatoms. The topological polar surface area (TPSA) is 545 Å². The normalized spacial score (nSPS) is 49.8. The lowest BCUT2D eigenvalue weighted by Gasteiger charge is -2.71. The van der Waals surface area contributed by atoms with Gasteiger partial charge in [-0.3, -0.25) is 9.59 Å². The second kappa shape index (κ2) is 32.1. The van der Waals surface area contributed by atoms with E-state index in [1.807, 2.05) is 13.0 Å². The molecular formula is C74H110O35. The van der Waals surface area contributed by atoms with Gasteiger partial charge in [0.2, 0.25) is 6.29 Å². The Hall–Kier alpha value is -4.21. The molecule has 109 heavy (non-hydrogen) atoms. The number of aliphatic hydroxyl groups excluding tert-OH is 16. The van der Waals surface area contributed by atoms with Crippen molar-refractivity contribution < 1.29 is 173 Å². The minimum Gasteiger partial charge on any atom is -0.497 e. The largest absolute Gasteiger partial charge is 0.497 e. The average molecular weight is 1560 g/mol. The van der Waals surface area contributed by atoms with E-state index in [4.69, 9.17) is 66.3 Å². The Morgan fingerprint density at radius 2 is 1.16 bits per heavy atom. The van der Waals surface area contributed by atoms with Crippen LogP contribution in [0.2, 0.25) is 0 Å². The average Bonchev–Trinajstić information content (AvgIpc) is 0.674. The van der Waals surface area contributed by atoms with Crippen LogP contribution in [0, 0.1) is 50.2 Å². The molecule has 6 saturated heterocycles. The summed E-state index contributed by atoms with van der Waals surface area (Å²) in [6, 6.07) is 6.67. The molecular weight excluding hydrogens is 1450 g/mol. The summed E-state index contributed by atoms with van der Waals surface area (Å²) in [5, 5.41) is 201. The highest BCUT2D eigenvalue weighted by Gasteiger charge is 2.74. The van der Waals surface area contributed by atoms with Gasteiger partial charge >= 0.3 is 17.9 Å². The summed E-state index contributed by atoms with van der Waals surface area (Å²) in [6.07, 6.45) is -42.7. The van der Waals surface area contributed by atoms with Gasteiger partial charge in [-0.15, -0.1) is 0 Å². The zero-order chi connectivity index (χ0) is 79.3. The lowest BCUT2D eigenvalue weighted by molar-refractivity contribution is -0.388. The van der Waals surface area contributed by atoms with E-state index in [0.29, 0.717) is 37.0 Å². The lowest BCUT2D eigenvalue weighted by atomic mass is 9.33. The Labute approximate surface area is 628 Å². The predicted molar refractivity (Wildman–Crippen MR) is 364 cm³/mol. The zero-order valence-corrected chi connectivity index (χ0v) is 62.0. The van der Waals surface area contributed by atoms with Crippen molar-refractivity contribution in [1.29, 1.82) is 0 Å². The first kappa shape index (κ1) is 84.2. The van der Waals surface area contributed by atoms with Crippen molar-refractivity contribution >= 4 is 24.0 Å². The summed E-state index contributed by atoms with van der Waals surface area (Å²) >= 11 is 0. The third-order valence-corrected chi connectivity index (χ3v) is 26.7. The second-order valence-electron chi connectivity index (χ2n) is 33.4. The van der Waals surface area contributed by atoms with Crippen LogP contribution in [0.1, 0.15) is 112 Å². The van der Waals surface area contributed by atoms with Crippen molar-refractivity contribution in [2.24, 2.45) is 50.2 Å². The van der Waals surface area contributed by atoms with Gasteiger partial charge in [-0.1, -0.05) is 51.5 Å². The van der Waals surface area contributed by atoms with Gasteiger partial charge in [0.1, 0.15) is 115 Å². The minimum atomic E-state index is -2.30. The Bertz CT molecular complexity index is 3400. The van der Waals surface area contributed by atoms with E-state index in [1.165, 1.54) is 34.0 Å². The molecule has 0 amide bonds. The first-order valence-corrected chi connectivity index (χ1v) is 37.5. The molecule has 6 aliphatic heterocycles. The molecule has 4 saturated carbocycles. The molecule has 0 aromatic heterocycles. The number of carbonyl (C=O) groups is 3. The number of benzene rings is 1. The van der Waals surface area contributed by atoms with Crippen LogP contribution in [-0.2, 0) is 76.0 Å². The van der Waals surface area contributed by atoms with E-state index in [2.05, 4.69) is 20.8 Å². The number of hydrogen-bond donors (Lipinski definition) is 18. The fourth-order valence-corrected chi connectivity index (χ4v) is 20.2. The Morgan fingerprint density at radius 3 is 1.76 bits per heavy atom. The number of methoxy groups -OCH3 is 1. The number of carboxylic acids is 1. The van der Waals surface area contributed by atoms with Crippen molar-refractivity contribution in [1.82, 2.24) is 0 Å². The molecule has 0 spiro atoms. The number of fused-ring (bicyclic) bond motifs is 7. The molecule has 37 atom stereocenters. The van der Waals surface area contributed by atoms with Crippen LogP contribution in [0.25, 0.3) is 6.08 Å². The molecule has 1 aromatic carbocycles. The van der Waals surface area contributed by atoms with E-state index in [0.717, 1.165) is 11.6 Å². The van der Waals surface area contributed by atoms with Crippen molar-refractivity contribution in [3.8, 4) is 5.75 Å². The van der Waals surface area contributed by atoms with Gasteiger partial charge in [-0.25, -0.2) is 4.79 Å². The van der Waals surface area contributed by atoms with Gasteiger partial charge in [0.25, 0.3) is 0 Å². The highest BCUT2D eigenvalue weighted by molar-refractivity contribution is 5.87. The lowest BCUT2D eigenvalue weighted by Crippen LogP contribution is -2.71. The number of esters is 2. The number of ether oxygens (including phenoxy) is 14. The summed E-state index contributed by atoms with van der Waals surface area (Å²) in [6.45, 7) is 8.13. The molecule has 12 rings (SSSR count). The standard InChI is InChI=1S/C74H110O35/c1-31-54(104-43(80)16-11-33-9-12-34(96-8)13-10-33)52(89)57(107-63-53(90)56(106-65-58(91)74(95,29-78)30-98-65)55(32(2)99-63)105-60-49(86)46(83)40(27-97-60)103-61-50(87)47(84)44(81)38(25-75)101-61)64(100-31)109-67(94)72-20-19-68(3,4)23-36(72)35-14-15-41-69(5)24-37(79)59(108-62-51(88)48(85)45(82)39(26-76)102-62)71(7,66(92)93)42(69)17-18-70(41,6)73(35,28-77)22-21-72/h9-14,16,31-32,36-42,44-65,75-79,81-91,95H,15,17-30H2,1-8H3,(H,92,93)/b16-11-/t31-,32+,36+,37+,38-,39-,40-,41-,42-,44+,45-,46+,47+,48+,49-,50-,51-,52+,53-,54+,55+,56+,57-,58+,59+,60+,61+,62+,63+,64+,65+,69-,70-,71+,72+,73+,74-/m1/s1. The van der Waals surface area contributed by atoms with Gasteiger partial charge < -0.3 is 158 Å². The van der Waals surface area contributed by atoms with Crippen molar-refractivity contribution in [2.45, 2.75) is 284 Å². The van der Waals surface area contributed by atoms with Crippen LogP contribution in [-0.4, -0.2) is 334 Å². The first-order valence-electron chi connectivity index (χ1n) is 37.5. The number of rotatable bonds is 21. The molecule has 5 aliphatic carbocycles. The molecule has 616 valence electrons. The predicted octanol–water partition coefficient (Wildman–Crippen LogP) is -3.77. The summed E-state index contributed by atoms with van der Waals surface area (Å²) in [4.78, 5) is 44.0. The van der Waals surface area contributed by atoms with Crippen molar-refractivity contribution in [2.75, 3.05) is 46.8 Å². The summed E-state index contributed by atoms with van der Waals surface area (Å²) < 4.78 is 84.2. The third kappa shape index (κ3) is 14.8. The quantitative estimate of drug-likeness (QED) is 0.0243. The number of hydrogen-bond acceptors (Lipinski definition) is 34. The molecule has 18 N–H and O–H groups in total. The molecule has 0 radical (unpaired) electrons. The summed E-state index contributed by atoms with van der Waals surface area (Å²) in [5.41, 5.74) is -7.53. The Morgan fingerprint density at radius 1 is 0.569 bits per heavy atom. The highest BCUT2D eigenvalue weighted by Crippen LogP contribution is 2.76. The van der Waals surface area contributed by atoms with Crippen molar-refractivity contribution in [3.05, 3.63) is 47.6 Å². The van der Waals surface area contributed by atoms with Crippen LogP contribution >= 0.6 is 0 Å². The Balaban J connectivity index is 0.837. The van der Waals surface area contributed by atoms with Crippen molar-refractivity contribution in [3.63, 3.8) is 0 Å². The maximum Gasteiger partial charge on any atom is 0.331 e. The third-order valence-electron chi connectivity index (χ3n) is 26.7. The summed E-state index contributed by atoms with van der Waals surface area (Å²) in [7, 11) is 1.49. The molecule has 10 fully saturated rings. The van der Waals surface area contributed by atoms with Gasteiger partial charge in [0, 0.05) is 11.5 Å². The van der Waals surface area contributed by atoms with Gasteiger partial charge in [0.15, 0.2) is 43.7 Å². The first-order chi connectivity index (χ1) is 51.4. The van der Waals surface area contributed by atoms with Crippen LogP contribution < -0.4 is 4.74 Å². The number of aliphatic hydroxyl groups is 17. The number of carboxylic acid groups (broad SMARTS) is 1. The van der Waals surface area contributed by atoms with Gasteiger partial charge in [-0.05, 0) is 136 Å². The van der Waals surface area contributed by atoms with Crippen LogP contribution in [0.3, 0.4) is 0 Å².